The van der Waals surface area contributed by atoms with Crippen LogP contribution in [-0.2, 0) is 14.3 Å². The number of carbonyl (C=O) groups is 3. The summed E-state index contributed by atoms with van der Waals surface area (Å²) in [6.45, 7) is 5.77. The van der Waals surface area contributed by atoms with E-state index in [1.807, 2.05) is 42.2 Å². The number of hydrogen-bond acceptors (Lipinski definition) is 4. The summed E-state index contributed by atoms with van der Waals surface area (Å²) in [7, 11) is 0. The minimum absolute atomic E-state index is 0.0282. The third-order valence-electron chi connectivity index (χ3n) is 6.92. The first-order valence-electron chi connectivity index (χ1n) is 13.7. The summed E-state index contributed by atoms with van der Waals surface area (Å²) in [6, 6.07) is 9.34. The van der Waals surface area contributed by atoms with Gasteiger partial charge in [-0.3, -0.25) is 9.59 Å². The number of hydrogen-bond donors (Lipinski definition) is 3. The number of unbranched alkanes of at least 4 members (excludes halogenated alkanes) is 4. The second-order valence-electron chi connectivity index (χ2n) is 9.74. The molecule has 0 bridgehead atoms. The maximum atomic E-state index is 12.9. The first kappa shape index (κ1) is 29.6. The van der Waals surface area contributed by atoms with Crippen LogP contribution in [0, 0.1) is 11.8 Å². The Bertz CT molecular complexity index is 789. The van der Waals surface area contributed by atoms with Crippen molar-refractivity contribution in [3.63, 3.8) is 0 Å². The van der Waals surface area contributed by atoms with Crippen molar-refractivity contribution in [2.45, 2.75) is 84.2 Å². The van der Waals surface area contributed by atoms with Crippen LogP contribution in [-0.4, -0.2) is 60.3 Å². The SMILES string of the molecule is CCCCCCCN(CCO[C@H]1CCC[C@@H](C(=O)NCC(CC)C(=O)O)C1)C(=O)Nc1ccccc1. The molecule has 8 heteroatoms. The highest BCUT2D eigenvalue weighted by molar-refractivity contribution is 5.89. The smallest absolute Gasteiger partial charge is 0.321 e. The lowest BCUT2D eigenvalue weighted by atomic mass is 9.86. The van der Waals surface area contributed by atoms with Crippen LogP contribution in [0.5, 0.6) is 0 Å². The van der Waals surface area contributed by atoms with Gasteiger partial charge in [-0.1, -0.05) is 64.2 Å². The van der Waals surface area contributed by atoms with Gasteiger partial charge in [-0.05, 0) is 44.2 Å². The molecule has 1 fully saturated rings. The standard InChI is InChI=1S/C28H45N3O5/c1-3-5-6-7-11-17-31(28(35)30-24-14-9-8-10-15-24)18-19-36-25-16-12-13-23(20-25)26(32)29-21-22(4-2)27(33)34/h8-10,14-15,22-23,25H,3-7,11-13,16-21H2,1-2H3,(H,29,32)(H,30,35)(H,33,34)/t22?,23-,25+/m1/s1. The second kappa shape index (κ2) is 17.0. The number of benzene rings is 1. The predicted molar refractivity (Wildman–Crippen MR) is 142 cm³/mol. The normalized spacial score (nSPS) is 18.3. The molecule has 202 valence electrons. The number of amides is 3. The third kappa shape index (κ3) is 11.0. The number of carbonyl (C=O) groups excluding carboxylic acids is 2. The Labute approximate surface area is 216 Å². The number of carboxylic acids is 1. The molecular formula is C28H45N3O5. The molecule has 1 unspecified atom stereocenters. The van der Waals surface area contributed by atoms with Gasteiger partial charge in [0.15, 0.2) is 0 Å². The zero-order valence-corrected chi connectivity index (χ0v) is 22.0. The van der Waals surface area contributed by atoms with Crippen LogP contribution in [0.3, 0.4) is 0 Å². The minimum atomic E-state index is -0.881. The third-order valence-corrected chi connectivity index (χ3v) is 6.92. The molecule has 0 spiro atoms. The number of nitrogens with one attached hydrogen (secondary N) is 2. The molecule has 0 radical (unpaired) electrons. The zero-order chi connectivity index (χ0) is 26.2. The number of rotatable bonds is 16. The van der Waals surface area contributed by atoms with Crippen molar-refractivity contribution in [3.05, 3.63) is 30.3 Å². The van der Waals surface area contributed by atoms with Gasteiger partial charge in [-0.25, -0.2) is 4.79 Å². The molecule has 1 aromatic rings. The van der Waals surface area contributed by atoms with Crippen LogP contribution >= 0.6 is 0 Å². The zero-order valence-electron chi connectivity index (χ0n) is 22.0. The van der Waals surface area contributed by atoms with Gasteiger partial charge >= 0.3 is 12.0 Å². The molecule has 1 aliphatic rings. The average molecular weight is 504 g/mol. The van der Waals surface area contributed by atoms with Gasteiger partial charge in [-0.15, -0.1) is 0 Å². The number of para-hydroxylation sites is 1. The van der Waals surface area contributed by atoms with E-state index < -0.39 is 11.9 Å². The maximum absolute atomic E-state index is 12.9. The lowest BCUT2D eigenvalue weighted by Gasteiger charge is -2.30. The van der Waals surface area contributed by atoms with Crippen molar-refractivity contribution in [1.29, 1.82) is 0 Å². The van der Waals surface area contributed by atoms with E-state index in [1.165, 1.54) is 19.3 Å². The fourth-order valence-corrected chi connectivity index (χ4v) is 4.58. The molecule has 3 atom stereocenters. The largest absolute Gasteiger partial charge is 0.481 e. The molecular weight excluding hydrogens is 458 g/mol. The van der Waals surface area contributed by atoms with E-state index in [4.69, 9.17) is 4.74 Å². The second-order valence-corrected chi connectivity index (χ2v) is 9.74. The van der Waals surface area contributed by atoms with Crippen molar-refractivity contribution in [1.82, 2.24) is 10.2 Å². The van der Waals surface area contributed by atoms with E-state index in [2.05, 4.69) is 17.6 Å². The van der Waals surface area contributed by atoms with Gasteiger partial charge in [0, 0.05) is 31.2 Å². The molecule has 2 rings (SSSR count). The number of nitrogens with zero attached hydrogens (tertiary/aromatic N) is 1. The van der Waals surface area contributed by atoms with E-state index in [0.717, 1.165) is 37.8 Å². The highest BCUT2D eigenvalue weighted by Crippen LogP contribution is 2.26. The Hall–Kier alpha value is -2.61. The number of ether oxygens (including phenoxy) is 1. The first-order chi connectivity index (χ1) is 17.4. The lowest BCUT2D eigenvalue weighted by Crippen LogP contribution is -2.41. The molecule has 3 N–H and O–H groups in total. The predicted octanol–water partition coefficient (Wildman–Crippen LogP) is 5.29. The van der Waals surface area contributed by atoms with Crippen LogP contribution in [0.1, 0.15) is 78.1 Å². The summed E-state index contributed by atoms with van der Waals surface area (Å²) >= 11 is 0. The van der Waals surface area contributed by atoms with E-state index in [0.29, 0.717) is 32.5 Å². The number of anilines is 1. The highest BCUT2D eigenvalue weighted by Gasteiger charge is 2.28. The maximum Gasteiger partial charge on any atom is 0.321 e. The monoisotopic (exact) mass is 503 g/mol. The van der Waals surface area contributed by atoms with Crippen LogP contribution in [0.2, 0.25) is 0 Å². The van der Waals surface area contributed by atoms with Gasteiger partial charge in [0.25, 0.3) is 0 Å². The van der Waals surface area contributed by atoms with Crippen LogP contribution in [0.15, 0.2) is 30.3 Å². The van der Waals surface area contributed by atoms with E-state index in [1.54, 1.807) is 0 Å². The van der Waals surface area contributed by atoms with Crippen LogP contribution < -0.4 is 10.6 Å². The summed E-state index contributed by atoms with van der Waals surface area (Å²) in [5.74, 6) is -1.68. The molecule has 0 aromatic heterocycles. The van der Waals surface area contributed by atoms with Crippen molar-refractivity contribution >= 4 is 23.6 Å². The summed E-state index contributed by atoms with van der Waals surface area (Å²) in [4.78, 5) is 38.5. The Kier molecular flexibility index (Phi) is 13.9. The molecule has 36 heavy (non-hydrogen) atoms. The fourth-order valence-electron chi connectivity index (χ4n) is 4.58. The van der Waals surface area contributed by atoms with Gasteiger partial charge in [0.1, 0.15) is 0 Å². The van der Waals surface area contributed by atoms with E-state index >= 15 is 0 Å². The van der Waals surface area contributed by atoms with Gasteiger partial charge in [-0.2, -0.15) is 0 Å². The summed E-state index contributed by atoms with van der Waals surface area (Å²) in [6.07, 6.45) is 9.31. The quantitative estimate of drug-likeness (QED) is 0.266. The Balaban J connectivity index is 1.81. The molecule has 1 saturated carbocycles. The van der Waals surface area contributed by atoms with Gasteiger partial charge < -0.3 is 25.4 Å². The molecule has 0 aliphatic heterocycles. The van der Waals surface area contributed by atoms with Crippen LogP contribution in [0.4, 0.5) is 10.5 Å². The number of urea groups is 1. The summed E-state index contributed by atoms with van der Waals surface area (Å²) in [5, 5.41) is 15.0. The highest BCUT2D eigenvalue weighted by atomic mass is 16.5. The van der Waals surface area contributed by atoms with Crippen molar-refractivity contribution in [2.75, 3.05) is 31.6 Å². The number of aliphatic carboxylic acids is 1. The van der Waals surface area contributed by atoms with E-state index in [-0.39, 0.29) is 30.5 Å². The lowest BCUT2D eigenvalue weighted by molar-refractivity contribution is -0.142. The van der Waals surface area contributed by atoms with Crippen molar-refractivity contribution in [3.8, 4) is 0 Å². The molecule has 8 nitrogen and oxygen atoms in total. The first-order valence-corrected chi connectivity index (χ1v) is 13.7. The molecule has 1 aromatic carbocycles. The Morgan fingerprint density at radius 1 is 1.06 bits per heavy atom. The summed E-state index contributed by atoms with van der Waals surface area (Å²) in [5.41, 5.74) is 0.772. The number of carboxylic acid groups (broad SMARTS) is 1. The average Bonchev–Trinajstić information content (AvgIpc) is 2.88. The molecule has 0 saturated heterocycles. The minimum Gasteiger partial charge on any atom is -0.481 e. The van der Waals surface area contributed by atoms with Gasteiger partial charge in [0.2, 0.25) is 5.91 Å². The molecule has 3 amide bonds. The van der Waals surface area contributed by atoms with Crippen molar-refractivity contribution in [2.24, 2.45) is 11.8 Å². The topological polar surface area (TPSA) is 108 Å². The summed E-state index contributed by atoms with van der Waals surface area (Å²) < 4.78 is 6.13. The van der Waals surface area contributed by atoms with Crippen molar-refractivity contribution < 1.29 is 24.2 Å². The van der Waals surface area contributed by atoms with E-state index in [9.17, 15) is 19.5 Å². The van der Waals surface area contributed by atoms with Crippen LogP contribution in [0.25, 0.3) is 0 Å². The molecule has 0 heterocycles. The fraction of sp³-hybridized carbons (Fsp3) is 0.679. The Morgan fingerprint density at radius 2 is 1.81 bits per heavy atom. The molecule has 1 aliphatic carbocycles. The Morgan fingerprint density at radius 3 is 2.50 bits per heavy atom. The van der Waals surface area contributed by atoms with Gasteiger partial charge in [0.05, 0.1) is 18.6 Å².